The van der Waals surface area contributed by atoms with E-state index in [0.29, 0.717) is 39.3 Å². The van der Waals surface area contributed by atoms with Gasteiger partial charge in [0, 0.05) is 39.8 Å². The van der Waals surface area contributed by atoms with E-state index in [9.17, 15) is 14.4 Å². The van der Waals surface area contributed by atoms with E-state index in [4.69, 9.17) is 9.73 Å². The van der Waals surface area contributed by atoms with Crippen LogP contribution in [0.1, 0.15) is 18.9 Å². The molecule has 0 saturated carbocycles. The van der Waals surface area contributed by atoms with E-state index in [1.54, 1.807) is 14.0 Å². The fraction of sp³-hybridized carbons (Fsp3) is 0.565. The largest absolute Gasteiger partial charge is 0.465 e. The maximum Gasteiger partial charge on any atom is 0.325 e. The van der Waals surface area contributed by atoms with Crippen molar-refractivity contribution in [3.05, 3.63) is 35.9 Å². The number of hydrogen-bond acceptors (Lipinski definition) is 8. The third-order valence-corrected chi connectivity index (χ3v) is 6.36. The molecule has 10 nitrogen and oxygen atoms in total. The highest BCUT2D eigenvalue weighted by atomic mass is 16.5. The molecule has 3 aliphatic heterocycles. The van der Waals surface area contributed by atoms with Gasteiger partial charge in [-0.25, -0.2) is 9.79 Å². The van der Waals surface area contributed by atoms with Crippen molar-refractivity contribution in [1.82, 2.24) is 24.9 Å². The standard InChI is InChI=1S/C23H32N6O4/c1-3-33-18(30)16-27-12-14-28(15-13-27)22-24-20-19(21(31)25-23(32)26(20)2)29(22)11-7-10-17-8-5-4-6-9-17/h4-6,8-9,19-20H,3,7,10-16H2,1-2H3,(H,25,31,32). The number of imide groups is 1. The summed E-state index contributed by atoms with van der Waals surface area (Å²) in [4.78, 5) is 49.4. The Balaban J connectivity index is 1.44. The van der Waals surface area contributed by atoms with Crippen LogP contribution in [0.3, 0.4) is 0 Å². The summed E-state index contributed by atoms with van der Waals surface area (Å²) in [5.41, 5.74) is 1.25. The van der Waals surface area contributed by atoms with Crippen molar-refractivity contribution in [2.24, 2.45) is 4.99 Å². The second-order valence-electron chi connectivity index (χ2n) is 8.54. The molecule has 0 radical (unpaired) electrons. The van der Waals surface area contributed by atoms with Gasteiger partial charge in [-0.05, 0) is 25.3 Å². The number of aliphatic imine (C=N–C) groups is 1. The molecule has 3 heterocycles. The lowest BCUT2D eigenvalue weighted by atomic mass is 10.1. The van der Waals surface area contributed by atoms with E-state index >= 15 is 0 Å². The summed E-state index contributed by atoms with van der Waals surface area (Å²) in [5, 5.41) is 2.46. The molecule has 0 aromatic heterocycles. The van der Waals surface area contributed by atoms with Gasteiger partial charge < -0.3 is 19.4 Å². The van der Waals surface area contributed by atoms with E-state index in [2.05, 4.69) is 27.2 Å². The van der Waals surface area contributed by atoms with Gasteiger partial charge in [-0.1, -0.05) is 30.3 Å². The SMILES string of the molecule is CCOC(=O)CN1CCN(C2=NC3C(C(=O)NC(=O)N3C)N2CCCc2ccccc2)CC1. The molecule has 3 amide bonds. The number of ether oxygens (including phenoxy) is 1. The molecule has 2 saturated heterocycles. The van der Waals surface area contributed by atoms with Gasteiger partial charge in [0.2, 0.25) is 0 Å². The van der Waals surface area contributed by atoms with Crippen LogP contribution in [-0.4, -0.2) is 109 Å². The zero-order valence-corrected chi connectivity index (χ0v) is 19.3. The van der Waals surface area contributed by atoms with Crippen molar-refractivity contribution in [3.8, 4) is 0 Å². The van der Waals surface area contributed by atoms with Crippen LogP contribution in [0.2, 0.25) is 0 Å². The molecule has 0 spiro atoms. The number of hydrogen-bond donors (Lipinski definition) is 1. The van der Waals surface area contributed by atoms with E-state index in [1.165, 1.54) is 10.5 Å². The number of carbonyl (C=O) groups is 3. The van der Waals surface area contributed by atoms with E-state index in [-0.39, 0.29) is 18.4 Å². The number of esters is 1. The summed E-state index contributed by atoms with van der Waals surface area (Å²) < 4.78 is 5.06. The molecule has 0 aliphatic carbocycles. The molecule has 178 valence electrons. The first-order valence-corrected chi connectivity index (χ1v) is 11.6. The summed E-state index contributed by atoms with van der Waals surface area (Å²) in [6.07, 6.45) is 1.22. The Hall–Kier alpha value is -3.14. The van der Waals surface area contributed by atoms with Gasteiger partial charge in [-0.15, -0.1) is 0 Å². The van der Waals surface area contributed by atoms with Crippen molar-refractivity contribution in [2.75, 3.05) is 52.9 Å². The lowest BCUT2D eigenvalue weighted by Crippen LogP contribution is -2.64. The number of aryl methyl sites for hydroxylation is 1. The minimum Gasteiger partial charge on any atom is -0.465 e. The third kappa shape index (κ3) is 5.11. The first-order chi connectivity index (χ1) is 16.0. The van der Waals surface area contributed by atoms with E-state index < -0.39 is 18.2 Å². The van der Waals surface area contributed by atoms with Crippen molar-refractivity contribution in [2.45, 2.75) is 32.0 Å². The van der Waals surface area contributed by atoms with Gasteiger partial charge in [0.15, 0.2) is 18.2 Å². The highest BCUT2D eigenvalue weighted by molar-refractivity contribution is 6.03. The molecule has 2 atom stereocenters. The average molecular weight is 457 g/mol. The minimum atomic E-state index is -0.532. The molecular weight excluding hydrogens is 424 g/mol. The maximum absolute atomic E-state index is 12.8. The molecule has 0 bridgehead atoms. The number of carbonyl (C=O) groups excluding carboxylic acids is 3. The quantitative estimate of drug-likeness (QED) is 0.591. The number of benzene rings is 1. The van der Waals surface area contributed by atoms with Crippen LogP contribution in [0.15, 0.2) is 35.3 Å². The molecule has 10 heteroatoms. The van der Waals surface area contributed by atoms with Crippen LogP contribution in [0.4, 0.5) is 4.79 Å². The van der Waals surface area contributed by atoms with Crippen LogP contribution in [0.5, 0.6) is 0 Å². The number of fused-ring (bicyclic) bond motifs is 1. The minimum absolute atomic E-state index is 0.213. The number of rotatable bonds is 7. The van der Waals surface area contributed by atoms with Crippen LogP contribution in [0.25, 0.3) is 0 Å². The lowest BCUT2D eigenvalue weighted by Gasteiger charge is -2.40. The molecule has 1 aromatic rings. The van der Waals surface area contributed by atoms with Crippen molar-refractivity contribution in [3.63, 3.8) is 0 Å². The monoisotopic (exact) mass is 456 g/mol. The van der Waals surface area contributed by atoms with Gasteiger partial charge >= 0.3 is 12.0 Å². The third-order valence-electron chi connectivity index (χ3n) is 6.36. The number of guanidine groups is 1. The molecule has 2 fully saturated rings. The van der Waals surface area contributed by atoms with E-state index in [1.807, 2.05) is 23.1 Å². The van der Waals surface area contributed by atoms with Gasteiger partial charge in [0.25, 0.3) is 5.91 Å². The molecule has 4 rings (SSSR count). The number of nitrogens with one attached hydrogen (secondary N) is 1. The molecule has 3 aliphatic rings. The first-order valence-electron chi connectivity index (χ1n) is 11.6. The average Bonchev–Trinajstić information content (AvgIpc) is 3.19. The fourth-order valence-corrected chi connectivity index (χ4v) is 4.61. The zero-order valence-electron chi connectivity index (χ0n) is 19.3. The number of amides is 3. The van der Waals surface area contributed by atoms with Crippen molar-refractivity contribution >= 4 is 23.9 Å². The summed E-state index contributed by atoms with van der Waals surface area (Å²) in [6, 6.07) is 9.30. The van der Waals surface area contributed by atoms with Gasteiger partial charge in [0.05, 0.1) is 13.2 Å². The first kappa shape index (κ1) is 23.0. The van der Waals surface area contributed by atoms with Gasteiger partial charge in [0.1, 0.15) is 0 Å². The normalized spacial score (nSPS) is 23.3. The fourth-order valence-electron chi connectivity index (χ4n) is 4.61. The highest BCUT2D eigenvalue weighted by Crippen LogP contribution is 2.26. The Labute approximate surface area is 194 Å². The van der Waals surface area contributed by atoms with Crippen molar-refractivity contribution in [1.29, 1.82) is 0 Å². The van der Waals surface area contributed by atoms with Crippen LogP contribution >= 0.6 is 0 Å². The Morgan fingerprint density at radius 2 is 1.88 bits per heavy atom. The van der Waals surface area contributed by atoms with Crippen molar-refractivity contribution < 1.29 is 19.1 Å². The molecule has 1 N–H and O–H groups in total. The van der Waals surface area contributed by atoms with Gasteiger partial charge in [-0.3, -0.25) is 19.8 Å². The smallest absolute Gasteiger partial charge is 0.325 e. The van der Waals surface area contributed by atoms with Gasteiger partial charge in [-0.2, -0.15) is 0 Å². The maximum atomic E-state index is 12.8. The zero-order chi connectivity index (χ0) is 23.4. The second kappa shape index (κ2) is 10.2. The highest BCUT2D eigenvalue weighted by Gasteiger charge is 2.49. The summed E-state index contributed by atoms with van der Waals surface area (Å²) in [6.45, 7) is 5.89. The van der Waals surface area contributed by atoms with E-state index in [0.717, 1.165) is 18.8 Å². The summed E-state index contributed by atoms with van der Waals surface area (Å²) >= 11 is 0. The van der Waals surface area contributed by atoms with Crippen LogP contribution < -0.4 is 5.32 Å². The Bertz CT molecular complexity index is 899. The van der Waals surface area contributed by atoms with Crippen LogP contribution in [-0.2, 0) is 20.7 Å². The Morgan fingerprint density at radius 1 is 1.15 bits per heavy atom. The second-order valence-corrected chi connectivity index (χ2v) is 8.54. The Morgan fingerprint density at radius 3 is 2.58 bits per heavy atom. The predicted octanol–water partition coefficient (Wildman–Crippen LogP) is 0.348. The molecule has 2 unspecified atom stereocenters. The number of urea groups is 1. The predicted molar refractivity (Wildman–Crippen MR) is 122 cm³/mol. The molecule has 33 heavy (non-hydrogen) atoms. The number of nitrogens with zero attached hydrogens (tertiary/aromatic N) is 5. The number of piperazine rings is 1. The Kier molecular flexibility index (Phi) is 7.12. The molecular formula is C23H32N6O4. The number of likely N-dealkylation sites (N-methyl/N-ethyl adjacent to an activating group) is 1. The summed E-state index contributed by atoms with van der Waals surface area (Å²) in [5.74, 6) is 0.238. The topological polar surface area (TPSA) is 97.8 Å². The molecule has 1 aromatic carbocycles. The van der Waals surface area contributed by atoms with Crippen LogP contribution in [0, 0.1) is 0 Å². The summed E-state index contributed by atoms with van der Waals surface area (Å²) in [7, 11) is 1.67. The lowest BCUT2D eigenvalue weighted by molar-refractivity contribution is -0.144.